The number of nitrogens with one attached hydrogen (secondary N) is 1. The number of hydrogen-bond acceptors (Lipinski definition) is 10. The highest BCUT2D eigenvalue weighted by Crippen LogP contribution is 2.49. The average Bonchev–Trinajstić information content (AvgIpc) is 3.67. The quantitative estimate of drug-likeness (QED) is 0.348. The molecule has 1 saturated carbocycles. The van der Waals surface area contributed by atoms with Gasteiger partial charge in [-0.1, -0.05) is 0 Å². The highest BCUT2D eigenvalue weighted by Gasteiger charge is 2.49. The van der Waals surface area contributed by atoms with Crippen molar-refractivity contribution in [2.45, 2.75) is 76.4 Å². The molecule has 0 radical (unpaired) electrons. The topological polar surface area (TPSA) is 115 Å². The number of pyridine rings is 2. The van der Waals surface area contributed by atoms with Crippen LogP contribution < -0.4 is 25.4 Å². The Balaban J connectivity index is 1.24. The van der Waals surface area contributed by atoms with E-state index in [1.54, 1.807) is 0 Å². The van der Waals surface area contributed by atoms with Crippen LogP contribution in [0.2, 0.25) is 0 Å². The summed E-state index contributed by atoms with van der Waals surface area (Å²) in [6.45, 7) is 4.97. The van der Waals surface area contributed by atoms with E-state index in [2.05, 4.69) is 25.2 Å². The third kappa shape index (κ3) is 5.18. The van der Waals surface area contributed by atoms with Gasteiger partial charge in [0.2, 0.25) is 12.3 Å². The van der Waals surface area contributed by atoms with Crippen molar-refractivity contribution in [2.75, 3.05) is 43.4 Å². The summed E-state index contributed by atoms with van der Waals surface area (Å²) in [6, 6.07) is 0.803. The number of nitrogens with zero attached hydrogens (tertiary/aromatic N) is 6. The summed E-state index contributed by atoms with van der Waals surface area (Å²) in [4.78, 5) is 21.4. The maximum absolute atomic E-state index is 16.7. The molecule has 0 unspecified atom stereocenters. The van der Waals surface area contributed by atoms with Gasteiger partial charge >= 0.3 is 12.2 Å². The molecule has 2 bridgehead atoms. The molecule has 3 saturated heterocycles. The fourth-order valence-electron chi connectivity index (χ4n) is 7.89. The number of alkyl halides is 5. The van der Waals surface area contributed by atoms with Crippen LogP contribution in [0.1, 0.15) is 43.9 Å². The summed E-state index contributed by atoms with van der Waals surface area (Å²) >= 11 is 0. The molecule has 7 heterocycles. The van der Waals surface area contributed by atoms with Crippen LogP contribution in [-0.4, -0.2) is 88.3 Å². The predicted molar refractivity (Wildman–Crippen MR) is 159 cm³/mol. The van der Waals surface area contributed by atoms with E-state index < -0.39 is 53.0 Å². The van der Waals surface area contributed by atoms with E-state index in [0.29, 0.717) is 32.0 Å². The number of aryl methyl sites for hydroxylation is 1. The van der Waals surface area contributed by atoms with Crippen LogP contribution in [0.5, 0.6) is 11.9 Å². The molecule has 16 heteroatoms. The second-order valence-electron chi connectivity index (χ2n) is 13.8. The Hall–Kier alpha value is -3.66. The van der Waals surface area contributed by atoms with Crippen LogP contribution in [0.3, 0.4) is 0 Å². The standard InChI is InChI=1S/C31H34F6N8O2/c1-13-21(31(35,36)37)17(7-19(38)39-13)23-22(32)24-20-27(45-10-16-3-4-18(40-16)25(45)14(2)47-28(20)41-23)43-29(42-24)46-12-30(5-6-30)11-44-8-15(9-44)26(33)34/h7,14-16,18,25-26,40H,3-6,8-12H2,1-2H3,(H2,38,39)/t14-,16+,18-,25+/m0/s1. The van der Waals surface area contributed by atoms with E-state index in [-0.39, 0.29) is 58.8 Å². The molecule has 4 aliphatic heterocycles. The summed E-state index contributed by atoms with van der Waals surface area (Å²) < 4.78 is 98.3. The first-order chi connectivity index (χ1) is 22.3. The number of hydrogen-bond donors (Lipinski definition) is 2. The molecule has 4 fully saturated rings. The van der Waals surface area contributed by atoms with Crippen molar-refractivity contribution < 1.29 is 35.8 Å². The second-order valence-corrected chi connectivity index (χ2v) is 13.8. The number of fused-ring (bicyclic) bond motifs is 5. The SMILES string of the molecule is Cc1nc(N)cc(-c2nc3c4c(nc(OCC5(CN6CC(C(F)F)C6)CC5)nc4c2F)N2C[C@H]4CC[C@H](N4)[C@H]2[C@H](C)O3)c1C(F)(F)F. The summed E-state index contributed by atoms with van der Waals surface area (Å²) in [6.07, 6.45) is -4.24. The van der Waals surface area contributed by atoms with Crippen LogP contribution >= 0.6 is 0 Å². The van der Waals surface area contributed by atoms with E-state index in [1.165, 1.54) is 0 Å². The van der Waals surface area contributed by atoms with Gasteiger partial charge in [-0.15, -0.1) is 0 Å². The highest BCUT2D eigenvalue weighted by molar-refractivity contribution is 5.97. The van der Waals surface area contributed by atoms with Crippen molar-refractivity contribution >= 4 is 22.5 Å². The largest absolute Gasteiger partial charge is 0.472 e. The first-order valence-corrected chi connectivity index (χ1v) is 15.9. The lowest BCUT2D eigenvalue weighted by Crippen LogP contribution is -2.62. The van der Waals surface area contributed by atoms with E-state index in [1.807, 2.05) is 11.8 Å². The maximum atomic E-state index is 16.7. The number of nitrogens with two attached hydrogens (primary N) is 1. The zero-order valence-electron chi connectivity index (χ0n) is 25.8. The van der Waals surface area contributed by atoms with Crippen LogP contribution in [0, 0.1) is 24.1 Å². The van der Waals surface area contributed by atoms with Crippen molar-refractivity contribution in [3.05, 3.63) is 23.1 Å². The van der Waals surface area contributed by atoms with Crippen LogP contribution in [-0.2, 0) is 6.18 Å². The third-order valence-electron chi connectivity index (χ3n) is 10.4. The summed E-state index contributed by atoms with van der Waals surface area (Å²) in [5.41, 5.74) is 2.53. The first kappa shape index (κ1) is 30.7. The number of nitrogen functional groups attached to an aromatic ring is 1. The van der Waals surface area contributed by atoms with E-state index in [9.17, 15) is 22.0 Å². The Bertz CT molecular complexity index is 1750. The van der Waals surface area contributed by atoms with Gasteiger partial charge in [0.15, 0.2) is 5.82 Å². The molecule has 3 aromatic heterocycles. The molecule has 0 aromatic carbocycles. The Morgan fingerprint density at radius 2 is 1.89 bits per heavy atom. The van der Waals surface area contributed by atoms with E-state index in [4.69, 9.17) is 20.2 Å². The van der Waals surface area contributed by atoms with Gasteiger partial charge in [0.25, 0.3) is 0 Å². The second kappa shape index (κ2) is 10.7. The monoisotopic (exact) mass is 664 g/mol. The van der Waals surface area contributed by atoms with Gasteiger partial charge in [0, 0.05) is 55.2 Å². The molecule has 5 aliphatic rings. The van der Waals surface area contributed by atoms with E-state index >= 15 is 4.39 Å². The van der Waals surface area contributed by atoms with Gasteiger partial charge in [-0.05, 0) is 45.6 Å². The molecule has 10 nitrogen and oxygen atoms in total. The van der Waals surface area contributed by atoms with Gasteiger partial charge in [-0.3, -0.25) is 0 Å². The van der Waals surface area contributed by atoms with Gasteiger partial charge in [-0.2, -0.15) is 23.1 Å². The molecule has 3 N–H and O–H groups in total. The predicted octanol–water partition coefficient (Wildman–Crippen LogP) is 4.58. The van der Waals surface area contributed by atoms with Crippen LogP contribution in [0.15, 0.2) is 6.07 Å². The fourth-order valence-corrected chi connectivity index (χ4v) is 7.89. The number of likely N-dealkylation sites (tertiary alicyclic amines) is 1. The highest BCUT2D eigenvalue weighted by atomic mass is 19.4. The molecular formula is C31H34F6N8O2. The molecular weight excluding hydrogens is 630 g/mol. The zero-order chi connectivity index (χ0) is 33.0. The summed E-state index contributed by atoms with van der Waals surface area (Å²) in [5, 5.41) is 3.76. The Morgan fingerprint density at radius 1 is 1.13 bits per heavy atom. The van der Waals surface area contributed by atoms with Gasteiger partial charge < -0.3 is 30.3 Å². The Kier molecular flexibility index (Phi) is 6.96. The zero-order valence-corrected chi connectivity index (χ0v) is 25.8. The molecule has 252 valence electrons. The minimum Gasteiger partial charge on any atom is -0.472 e. The number of ether oxygens (including phenoxy) is 2. The minimum absolute atomic E-state index is 0.0413. The normalized spacial score (nSPS) is 26.6. The maximum Gasteiger partial charge on any atom is 0.418 e. The first-order valence-electron chi connectivity index (χ1n) is 15.9. The number of anilines is 2. The lowest BCUT2D eigenvalue weighted by Gasteiger charge is -2.42. The van der Waals surface area contributed by atoms with Crippen molar-refractivity contribution in [1.82, 2.24) is 30.2 Å². The third-order valence-corrected chi connectivity index (χ3v) is 10.4. The van der Waals surface area contributed by atoms with Crippen LogP contribution in [0.4, 0.5) is 38.0 Å². The molecule has 47 heavy (non-hydrogen) atoms. The average molecular weight is 665 g/mol. The minimum atomic E-state index is -4.88. The smallest absolute Gasteiger partial charge is 0.418 e. The lowest BCUT2D eigenvalue weighted by molar-refractivity contribution is -0.137. The van der Waals surface area contributed by atoms with Gasteiger partial charge in [0.05, 0.1) is 23.9 Å². The van der Waals surface area contributed by atoms with Crippen molar-refractivity contribution in [3.8, 4) is 23.1 Å². The van der Waals surface area contributed by atoms with E-state index in [0.717, 1.165) is 38.7 Å². The van der Waals surface area contributed by atoms with Crippen LogP contribution in [0.25, 0.3) is 22.2 Å². The van der Waals surface area contributed by atoms with Crippen molar-refractivity contribution in [2.24, 2.45) is 11.3 Å². The number of halogens is 6. The summed E-state index contributed by atoms with van der Waals surface area (Å²) in [7, 11) is 0. The number of piperazine rings is 1. The van der Waals surface area contributed by atoms with Crippen molar-refractivity contribution in [3.63, 3.8) is 0 Å². The molecule has 0 amide bonds. The van der Waals surface area contributed by atoms with Gasteiger partial charge in [-0.25, -0.2) is 23.1 Å². The Labute approximate surface area is 266 Å². The van der Waals surface area contributed by atoms with Crippen molar-refractivity contribution in [1.29, 1.82) is 0 Å². The lowest BCUT2D eigenvalue weighted by atomic mass is 9.97. The van der Waals surface area contributed by atoms with Gasteiger partial charge in [0.1, 0.15) is 34.3 Å². The summed E-state index contributed by atoms with van der Waals surface area (Å²) in [5.74, 6) is -1.69. The Morgan fingerprint density at radius 3 is 2.60 bits per heavy atom. The molecule has 0 spiro atoms. The molecule has 3 aromatic rings. The number of rotatable bonds is 7. The number of aromatic nitrogens is 4. The molecule has 1 aliphatic carbocycles. The molecule has 4 atom stereocenters. The fraction of sp³-hybridized carbons (Fsp3) is 0.613. The molecule has 8 rings (SSSR count).